The molecule has 114 valence electrons. The molecular formula is C18H18FNO2. The lowest BCUT2D eigenvalue weighted by Gasteiger charge is -2.25. The van der Waals surface area contributed by atoms with Crippen LogP contribution in [-0.4, -0.2) is 24.5 Å². The molecule has 0 bridgehead atoms. The molecule has 0 saturated carbocycles. The van der Waals surface area contributed by atoms with E-state index in [0.717, 1.165) is 24.2 Å². The van der Waals surface area contributed by atoms with Crippen LogP contribution in [-0.2, 0) is 0 Å². The van der Waals surface area contributed by atoms with Gasteiger partial charge in [0.15, 0.2) is 0 Å². The number of carbonyl (C=O) groups is 1. The number of halogens is 1. The molecule has 0 spiro atoms. The van der Waals surface area contributed by atoms with E-state index in [0.29, 0.717) is 12.1 Å². The van der Waals surface area contributed by atoms with Gasteiger partial charge in [-0.1, -0.05) is 18.2 Å². The lowest BCUT2D eigenvalue weighted by atomic mass is 10.0. The minimum absolute atomic E-state index is 0.0432. The number of nitrogens with zero attached hydrogens (tertiary/aromatic N) is 1. The first-order valence-corrected chi connectivity index (χ1v) is 7.39. The highest BCUT2D eigenvalue weighted by molar-refractivity contribution is 5.94. The van der Waals surface area contributed by atoms with Crippen molar-refractivity contribution >= 4 is 5.91 Å². The number of carbonyl (C=O) groups excluding carboxylic acids is 1. The summed E-state index contributed by atoms with van der Waals surface area (Å²) < 4.78 is 18.5. The van der Waals surface area contributed by atoms with Gasteiger partial charge < -0.3 is 9.64 Å². The maximum Gasteiger partial charge on any atom is 0.254 e. The van der Waals surface area contributed by atoms with Gasteiger partial charge in [-0.3, -0.25) is 4.79 Å². The van der Waals surface area contributed by atoms with Crippen LogP contribution < -0.4 is 4.74 Å². The van der Waals surface area contributed by atoms with Crippen molar-refractivity contribution < 1.29 is 13.9 Å². The summed E-state index contributed by atoms with van der Waals surface area (Å²) in [5.74, 6) is 0.300. The summed E-state index contributed by atoms with van der Waals surface area (Å²) in [5.41, 5.74) is 1.49. The van der Waals surface area contributed by atoms with Crippen LogP contribution >= 0.6 is 0 Å². The number of methoxy groups -OCH3 is 1. The molecule has 3 rings (SSSR count). The third-order valence-corrected chi connectivity index (χ3v) is 4.09. The van der Waals surface area contributed by atoms with E-state index < -0.39 is 0 Å². The van der Waals surface area contributed by atoms with Gasteiger partial charge in [0.1, 0.15) is 11.6 Å². The van der Waals surface area contributed by atoms with Crippen molar-refractivity contribution in [3.63, 3.8) is 0 Å². The molecule has 22 heavy (non-hydrogen) atoms. The normalized spacial score (nSPS) is 17.5. The second-order valence-corrected chi connectivity index (χ2v) is 5.44. The second-order valence-electron chi connectivity index (χ2n) is 5.44. The van der Waals surface area contributed by atoms with E-state index in [-0.39, 0.29) is 17.8 Å². The fraction of sp³-hybridized carbons (Fsp3) is 0.278. The Morgan fingerprint density at radius 3 is 2.68 bits per heavy atom. The monoisotopic (exact) mass is 299 g/mol. The number of amides is 1. The van der Waals surface area contributed by atoms with Gasteiger partial charge in [-0.2, -0.15) is 0 Å². The van der Waals surface area contributed by atoms with Gasteiger partial charge in [-0.15, -0.1) is 0 Å². The Kier molecular flexibility index (Phi) is 4.09. The van der Waals surface area contributed by atoms with E-state index >= 15 is 0 Å². The highest BCUT2D eigenvalue weighted by Gasteiger charge is 2.30. The molecule has 0 radical (unpaired) electrons. The predicted octanol–water partition coefficient (Wildman–Crippen LogP) is 3.81. The van der Waals surface area contributed by atoms with Gasteiger partial charge in [0.2, 0.25) is 0 Å². The largest absolute Gasteiger partial charge is 0.497 e. The van der Waals surface area contributed by atoms with E-state index in [2.05, 4.69) is 0 Å². The molecule has 3 nitrogen and oxygen atoms in total. The minimum Gasteiger partial charge on any atom is -0.497 e. The molecule has 1 saturated heterocycles. The predicted molar refractivity (Wildman–Crippen MR) is 82.4 cm³/mol. The van der Waals surface area contributed by atoms with E-state index in [1.165, 1.54) is 12.1 Å². The molecule has 1 aliphatic heterocycles. The number of hydrogen-bond acceptors (Lipinski definition) is 2. The van der Waals surface area contributed by atoms with E-state index in [4.69, 9.17) is 4.74 Å². The molecule has 0 unspecified atom stereocenters. The summed E-state index contributed by atoms with van der Waals surface area (Å²) in [7, 11) is 1.63. The Labute approximate surface area is 129 Å². The Balaban J connectivity index is 1.84. The van der Waals surface area contributed by atoms with Gasteiger partial charge in [-0.25, -0.2) is 4.39 Å². The average Bonchev–Trinajstić information content (AvgIpc) is 3.04. The second kappa shape index (κ2) is 6.18. The van der Waals surface area contributed by atoms with Crippen molar-refractivity contribution in [3.05, 3.63) is 65.5 Å². The zero-order valence-electron chi connectivity index (χ0n) is 12.5. The minimum atomic E-state index is -0.383. The number of benzene rings is 2. The molecule has 1 amide bonds. The van der Waals surface area contributed by atoms with Gasteiger partial charge >= 0.3 is 0 Å². The van der Waals surface area contributed by atoms with Crippen LogP contribution in [0.4, 0.5) is 4.39 Å². The Morgan fingerprint density at radius 2 is 2.00 bits per heavy atom. The van der Waals surface area contributed by atoms with Crippen molar-refractivity contribution in [1.82, 2.24) is 4.90 Å². The third kappa shape index (κ3) is 2.82. The topological polar surface area (TPSA) is 29.5 Å². The standard InChI is InChI=1S/C18H18FNO2/c1-22-16-9-7-13(8-10-16)17-6-3-11-20(17)18(21)14-4-2-5-15(19)12-14/h2,4-5,7-10,12,17H,3,6,11H2,1H3/t17-/m0/s1. The molecule has 1 aliphatic rings. The summed E-state index contributed by atoms with van der Waals surface area (Å²) in [6.45, 7) is 0.700. The van der Waals surface area contributed by atoms with E-state index in [1.54, 1.807) is 19.2 Å². The van der Waals surface area contributed by atoms with Gasteiger partial charge in [-0.05, 0) is 48.7 Å². The molecule has 1 heterocycles. The molecule has 1 atom stereocenters. The molecule has 1 fully saturated rings. The molecule has 0 aliphatic carbocycles. The fourth-order valence-electron chi connectivity index (χ4n) is 2.97. The molecule has 2 aromatic rings. The maximum atomic E-state index is 13.3. The van der Waals surface area contributed by atoms with Gasteiger partial charge in [0, 0.05) is 12.1 Å². The van der Waals surface area contributed by atoms with Crippen molar-refractivity contribution in [2.24, 2.45) is 0 Å². The van der Waals surface area contributed by atoms with Crippen molar-refractivity contribution in [2.45, 2.75) is 18.9 Å². The van der Waals surface area contributed by atoms with Gasteiger partial charge in [0.25, 0.3) is 5.91 Å². The zero-order valence-corrected chi connectivity index (χ0v) is 12.5. The van der Waals surface area contributed by atoms with Crippen LogP contribution in [0.2, 0.25) is 0 Å². The van der Waals surface area contributed by atoms with Gasteiger partial charge in [0.05, 0.1) is 13.2 Å². The quantitative estimate of drug-likeness (QED) is 0.862. The highest BCUT2D eigenvalue weighted by Crippen LogP contribution is 2.33. The van der Waals surface area contributed by atoms with Crippen LogP contribution in [0.15, 0.2) is 48.5 Å². The molecule has 2 aromatic carbocycles. The third-order valence-electron chi connectivity index (χ3n) is 4.09. The SMILES string of the molecule is COc1ccc([C@@H]2CCCN2C(=O)c2cccc(F)c2)cc1. The van der Waals surface area contributed by atoms with Crippen LogP contribution in [0.25, 0.3) is 0 Å². The summed E-state index contributed by atoms with van der Waals surface area (Å²) >= 11 is 0. The highest BCUT2D eigenvalue weighted by atomic mass is 19.1. The Morgan fingerprint density at radius 1 is 1.23 bits per heavy atom. The van der Waals surface area contributed by atoms with E-state index in [9.17, 15) is 9.18 Å². The number of hydrogen-bond donors (Lipinski definition) is 0. The van der Waals surface area contributed by atoms with Crippen molar-refractivity contribution in [1.29, 1.82) is 0 Å². The number of likely N-dealkylation sites (tertiary alicyclic amines) is 1. The first-order valence-electron chi connectivity index (χ1n) is 7.39. The first kappa shape index (κ1) is 14.6. The number of rotatable bonds is 3. The molecule has 0 aromatic heterocycles. The summed E-state index contributed by atoms with van der Waals surface area (Å²) in [6, 6.07) is 13.7. The fourth-order valence-corrected chi connectivity index (χ4v) is 2.97. The van der Waals surface area contributed by atoms with Crippen LogP contribution in [0.5, 0.6) is 5.75 Å². The zero-order chi connectivity index (χ0) is 15.5. The van der Waals surface area contributed by atoms with Crippen LogP contribution in [0.1, 0.15) is 34.8 Å². The number of ether oxygens (including phenoxy) is 1. The molecule has 4 heteroatoms. The van der Waals surface area contributed by atoms with Crippen molar-refractivity contribution in [2.75, 3.05) is 13.7 Å². The Hall–Kier alpha value is -2.36. The Bertz CT molecular complexity index is 669. The van der Waals surface area contributed by atoms with Crippen LogP contribution in [0, 0.1) is 5.82 Å². The van der Waals surface area contributed by atoms with Crippen molar-refractivity contribution in [3.8, 4) is 5.75 Å². The van der Waals surface area contributed by atoms with E-state index in [1.807, 2.05) is 29.2 Å². The summed E-state index contributed by atoms with van der Waals surface area (Å²) in [5, 5.41) is 0. The first-order chi connectivity index (χ1) is 10.7. The summed E-state index contributed by atoms with van der Waals surface area (Å²) in [6.07, 6.45) is 1.88. The smallest absolute Gasteiger partial charge is 0.254 e. The molecular weight excluding hydrogens is 281 g/mol. The lowest BCUT2D eigenvalue weighted by molar-refractivity contribution is 0.0735. The van der Waals surface area contributed by atoms with Crippen LogP contribution in [0.3, 0.4) is 0 Å². The average molecular weight is 299 g/mol. The molecule has 0 N–H and O–H groups in total. The lowest BCUT2D eigenvalue weighted by Crippen LogP contribution is -2.30. The maximum absolute atomic E-state index is 13.3. The summed E-state index contributed by atoms with van der Waals surface area (Å²) in [4.78, 5) is 14.5.